The first kappa shape index (κ1) is 15.2. The molecule has 2 rings (SSSR count). The van der Waals surface area contributed by atoms with Gasteiger partial charge in [-0.2, -0.15) is 5.10 Å². The van der Waals surface area contributed by atoms with Crippen LogP contribution in [0.15, 0.2) is 29.0 Å². The van der Waals surface area contributed by atoms with Gasteiger partial charge in [0.2, 0.25) is 0 Å². The molecule has 1 atom stereocenters. The van der Waals surface area contributed by atoms with Crippen LogP contribution in [0.2, 0.25) is 0 Å². The second kappa shape index (κ2) is 6.52. The summed E-state index contributed by atoms with van der Waals surface area (Å²) in [6.45, 7) is 4.21. The minimum atomic E-state index is 0.153. The van der Waals surface area contributed by atoms with Crippen molar-refractivity contribution in [3.63, 3.8) is 0 Å². The van der Waals surface area contributed by atoms with Crippen LogP contribution in [0.1, 0.15) is 34.7 Å². The van der Waals surface area contributed by atoms with E-state index in [1.54, 1.807) is 0 Å². The molecule has 1 heterocycles. The van der Waals surface area contributed by atoms with Crippen LogP contribution in [0.25, 0.3) is 0 Å². The number of aromatic nitrogens is 2. The molecule has 0 aliphatic heterocycles. The van der Waals surface area contributed by atoms with Crippen molar-refractivity contribution in [1.29, 1.82) is 0 Å². The van der Waals surface area contributed by atoms with Crippen LogP contribution in [0.4, 0.5) is 0 Å². The third kappa shape index (κ3) is 3.48. The van der Waals surface area contributed by atoms with Crippen molar-refractivity contribution in [2.45, 2.75) is 32.7 Å². The molecule has 20 heavy (non-hydrogen) atoms. The van der Waals surface area contributed by atoms with Crippen molar-refractivity contribution in [2.24, 2.45) is 12.9 Å². The van der Waals surface area contributed by atoms with Crippen molar-refractivity contribution in [2.75, 3.05) is 0 Å². The van der Waals surface area contributed by atoms with Crippen molar-refractivity contribution in [3.8, 4) is 0 Å². The molecule has 0 bridgehead atoms. The van der Waals surface area contributed by atoms with Crippen LogP contribution in [0.3, 0.4) is 0 Å². The first-order chi connectivity index (χ1) is 9.51. The van der Waals surface area contributed by atoms with E-state index >= 15 is 0 Å². The first-order valence-electron chi connectivity index (χ1n) is 6.71. The normalized spacial score (nSPS) is 12.7. The summed E-state index contributed by atoms with van der Waals surface area (Å²) in [4.78, 5) is 0. The van der Waals surface area contributed by atoms with Crippen LogP contribution in [-0.4, -0.2) is 9.78 Å². The molecule has 1 aromatic heterocycles. The van der Waals surface area contributed by atoms with E-state index in [-0.39, 0.29) is 6.04 Å². The highest BCUT2D eigenvalue weighted by Gasteiger charge is 2.13. The van der Waals surface area contributed by atoms with Gasteiger partial charge in [0.1, 0.15) is 0 Å². The number of nitrogens with two attached hydrogens (primary N) is 1. The summed E-state index contributed by atoms with van der Waals surface area (Å²) in [5.41, 5.74) is 7.87. The average molecular weight is 337 g/mol. The molecule has 108 valence electrons. The monoisotopic (exact) mass is 336 g/mol. The summed E-state index contributed by atoms with van der Waals surface area (Å²) in [5, 5.41) is 4.19. The van der Waals surface area contributed by atoms with E-state index in [9.17, 15) is 0 Å². The first-order valence-corrected chi connectivity index (χ1v) is 7.51. The molecule has 5 heteroatoms. The summed E-state index contributed by atoms with van der Waals surface area (Å²) >= 11 is 3.60. The lowest BCUT2D eigenvalue weighted by Gasteiger charge is -2.18. The summed E-state index contributed by atoms with van der Waals surface area (Å²) in [6, 6.07) is 4.52. The topological polar surface area (TPSA) is 55.9 Å². The van der Waals surface area contributed by atoms with E-state index in [2.05, 4.69) is 52.4 Å². The Bertz CT molecular complexity index is 568. The Labute approximate surface area is 128 Å². The SMILES string of the molecule is Cc1cc(C(CCc2cnn(C)c2)NN)cc(C)c1Br. The van der Waals surface area contributed by atoms with Gasteiger partial charge in [-0.15, -0.1) is 0 Å². The zero-order chi connectivity index (χ0) is 14.7. The Morgan fingerprint density at radius 2 is 2.00 bits per heavy atom. The molecule has 0 radical (unpaired) electrons. The van der Waals surface area contributed by atoms with E-state index in [0.717, 1.165) is 12.8 Å². The Balaban J connectivity index is 2.12. The summed E-state index contributed by atoms with van der Waals surface area (Å²) in [7, 11) is 1.93. The highest BCUT2D eigenvalue weighted by Crippen LogP contribution is 2.27. The van der Waals surface area contributed by atoms with Gasteiger partial charge in [-0.3, -0.25) is 16.0 Å². The minimum absolute atomic E-state index is 0.153. The number of hydrogen-bond acceptors (Lipinski definition) is 3. The van der Waals surface area contributed by atoms with E-state index in [1.165, 1.54) is 26.7 Å². The third-order valence-electron chi connectivity index (χ3n) is 3.54. The number of hydrogen-bond donors (Lipinski definition) is 2. The summed E-state index contributed by atoms with van der Waals surface area (Å²) in [5.74, 6) is 5.73. The second-order valence-corrected chi connectivity index (χ2v) is 6.04. The second-order valence-electron chi connectivity index (χ2n) is 5.25. The maximum absolute atomic E-state index is 5.73. The van der Waals surface area contributed by atoms with Gasteiger partial charge >= 0.3 is 0 Å². The van der Waals surface area contributed by atoms with Crippen LogP contribution in [-0.2, 0) is 13.5 Å². The van der Waals surface area contributed by atoms with Crippen LogP contribution < -0.4 is 11.3 Å². The highest BCUT2D eigenvalue weighted by molar-refractivity contribution is 9.10. The van der Waals surface area contributed by atoms with E-state index < -0.39 is 0 Å². The maximum atomic E-state index is 5.73. The van der Waals surface area contributed by atoms with Crippen molar-refractivity contribution in [3.05, 3.63) is 51.3 Å². The number of benzene rings is 1. The van der Waals surface area contributed by atoms with Gasteiger partial charge in [-0.25, -0.2) is 0 Å². The number of rotatable bonds is 5. The van der Waals surface area contributed by atoms with Gasteiger partial charge in [0.25, 0.3) is 0 Å². The number of aryl methyl sites for hydroxylation is 4. The zero-order valence-electron chi connectivity index (χ0n) is 12.2. The Hall–Kier alpha value is -1.17. The Kier molecular flexibility index (Phi) is 4.96. The molecule has 1 aromatic carbocycles. The fourth-order valence-electron chi connectivity index (χ4n) is 2.44. The van der Waals surface area contributed by atoms with Gasteiger partial charge < -0.3 is 0 Å². The number of hydrazine groups is 1. The number of halogens is 1. The van der Waals surface area contributed by atoms with Gasteiger partial charge in [-0.1, -0.05) is 28.1 Å². The Morgan fingerprint density at radius 1 is 1.35 bits per heavy atom. The fourth-order valence-corrected chi connectivity index (χ4v) is 2.67. The molecule has 2 aromatic rings. The standard InChI is InChI=1S/C15H21BrN4/c1-10-6-13(7-11(2)15(10)16)14(19-17)5-4-12-8-18-20(3)9-12/h6-9,14,19H,4-5,17H2,1-3H3. The van der Waals surface area contributed by atoms with E-state index in [4.69, 9.17) is 5.84 Å². The highest BCUT2D eigenvalue weighted by atomic mass is 79.9. The summed E-state index contributed by atoms with van der Waals surface area (Å²) < 4.78 is 3.00. The quantitative estimate of drug-likeness (QED) is 0.652. The lowest BCUT2D eigenvalue weighted by molar-refractivity contribution is 0.515. The van der Waals surface area contributed by atoms with E-state index in [1.807, 2.05) is 24.1 Å². The van der Waals surface area contributed by atoms with Gasteiger partial charge in [-0.05, 0) is 48.9 Å². The molecular formula is C15H21BrN4. The maximum Gasteiger partial charge on any atom is 0.0521 e. The molecule has 0 aliphatic rings. The number of nitrogens with zero attached hydrogens (tertiary/aromatic N) is 2. The molecule has 0 fully saturated rings. The third-order valence-corrected chi connectivity index (χ3v) is 4.79. The molecule has 0 aliphatic carbocycles. The molecule has 0 saturated heterocycles. The van der Waals surface area contributed by atoms with Crippen LogP contribution in [0, 0.1) is 13.8 Å². The zero-order valence-corrected chi connectivity index (χ0v) is 13.7. The minimum Gasteiger partial charge on any atom is -0.276 e. The molecule has 3 N–H and O–H groups in total. The predicted molar refractivity (Wildman–Crippen MR) is 85.2 cm³/mol. The number of nitrogens with one attached hydrogen (secondary N) is 1. The van der Waals surface area contributed by atoms with Gasteiger partial charge in [0.05, 0.1) is 6.20 Å². The molecule has 1 unspecified atom stereocenters. The van der Waals surface area contributed by atoms with Gasteiger partial charge in [0, 0.05) is 23.8 Å². The van der Waals surface area contributed by atoms with Crippen molar-refractivity contribution < 1.29 is 0 Å². The van der Waals surface area contributed by atoms with Crippen LogP contribution >= 0.6 is 15.9 Å². The lowest BCUT2D eigenvalue weighted by Crippen LogP contribution is -2.28. The molecular weight excluding hydrogens is 316 g/mol. The summed E-state index contributed by atoms with van der Waals surface area (Å²) in [6.07, 6.45) is 5.86. The molecule has 0 spiro atoms. The lowest BCUT2D eigenvalue weighted by atomic mass is 9.97. The van der Waals surface area contributed by atoms with Crippen LogP contribution in [0.5, 0.6) is 0 Å². The van der Waals surface area contributed by atoms with Gasteiger partial charge in [0.15, 0.2) is 0 Å². The average Bonchev–Trinajstić information content (AvgIpc) is 2.82. The van der Waals surface area contributed by atoms with Crippen molar-refractivity contribution >= 4 is 15.9 Å². The molecule has 0 amide bonds. The van der Waals surface area contributed by atoms with Crippen molar-refractivity contribution in [1.82, 2.24) is 15.2 Å². The Morgan fingerprint density at radius 3 is 2.50 bits per heavy atom. The predicted octanol–water partition coefficient (Wildman–Crippen LogP) is 2.94. The molecule has 0 saturated carbocycles. The fraction of sp³-hybridized carbons (Fsp3) is 0.400. The smallest absolute Gasteiger partial charge is 0.0521 e. The van der Waals surface area contributed by atoms with E-state index in [0.29, 0.717) is 0 Å². The molecule has 4 nitrogen and oxygen atoms in total. The largest absolute Gasteiger partial charge is 0.276 e.